The highest BCUT2D eigenvalue weighted by Crippen LogP contribution is 2.25. The first kappa shape index (κ1) is 12.8. The second-order valence-corrected chi connectivity index (χ2v) is 3.90. The molecule has 0 aliphatic rings. The van der Waals surface area contributed by atoms with Crippen molar-refractivity contribution in [3.63, 3.8) is 0 Å². The van der Waals surface area contributed by atoms with Crippen LogP contribution < -0.4 is 10.6 Å². The molecule has 17 heavy (non-hydrogen) atoms. The van der Waals surface area contributed by atoms with Crippen LogP contribution in [-0.4, -0.2) is 24.2 Å². The predicted molar refractivity (Wildman–Crippen MR) is 65.9 cm³/mol. The molecular weight excluding hydrogens is 218 g/mol. The number of carboxylic acid groups (broad SMARTS) is 1. The van der Waals surface area contributed by atoms with E-state index in [4.69, 9.17) is 16.1 Å². The van der Waals surface area contributed by atoms with E-state index in [1.807, 2.05) is 11.8 Å². The van der Waals surface area contributed by atoms with Crippen molar-refractivity contribution in [1.82, 2.24) is 0 Å². The molecule has 5 nitrogen and oxygen atoms in total. The summed E-state index contributed by atoms with van der Waals surface area (Å²) in [5.41, 5.74) is 7.13. The van der Waals surface area contributed by atoms with Gasteiger partial charge in [0, 0.05) is 13.1 Å². The van der Waals surface area contributed by atoms with Crippen molar-refractivity contribution in [2.45, 2.75) is 19.4 Å². The lowest BCUT2D eigenvalue weighted by Crippen LogP contribution is -2.29. The molecule has 0 saturated heterocycles. The predicted octanol–water partition coefficient (Wildman–Crippen LogP) is 1.71. The van der Waals surface area contributed by atoms with Crippen LogP contribution >= 0.6 is 0 Å². The molecule has 0 radical (unpaired) electrons. The van der Waals surface area contributed by atoms with E-state index in [-0.39, 0.29) is 11.6 Å². The van der Waals surface area contributed by atoms with Gasteiger partial charge in [-0.3, -0.25) is 0 Å². The normalized spacial score (nSPS) is 11.6. The van der Waals surface area contributed by atoms with Crippen LogP contribution in [0.4, 0.5) is 11.4 Å². The molecule has 0 spiro atoms. The Morgan fingerprint density at radius 2 is 2.29 bits per heavy atom. The first-order valence-electron chi connectivity index (χ1n) is 5.20. The average Bonchev–Trinajstić information content (AvgIpc) is 2.28. The molecule has 1 aromatic carbocycles. The van der Waals surface area contributed by atoms with E-state index in [1.165, 1.54) is 12.1 Å². The third-order valence-electron chi connectivity index (χ3n) is 2.71. The number of hydrogen-bond donors (Lipinski definition) is 2. The molecule has 1 aromatic rings. The number of anilines is 2. The van der Waals surface area contributed by atoms with E-state index < -0.39 is 5.97 Å². The molecule has 0 amide bonds. The van der Waals surface area contributed by atoms with Crippen molar-refractivity contribution in [1.29, 1.82) is 5.26 Å². The number of nitrogens with zero attached hydrogens (tertiary/aromatic N) is 2. The topological polar surface area (TPSA) is 90.3 Å². The Kier molecular flexibility index (Phi) is 3.94. The van der Waals surface area contributed by atoms with Gasteiger partial charge in [0.25, 0.3) is 0 Å². The molecule has 5 heteroatoms. The number of hydrogen-bond acceptors (Lipinski definition) is 4. The van der Waals surface area contributed by atoms with Crippen molar-refractivity contribution >= 4 is 17.3 Å². The summed E-state index contributed by atoms with van der Waals surface area (Å²) in [5, 5.41) is 17.6. The number of benzene rings is 1. The zero-order chi connectivity index (χ0) is 13.0. The molecule has 1 atom stereocenters. The molecule has 90 valence electrons. The minimum Gasteiger partial charge on any atom is -0.478 e. The van der Waals surface area contributed by atoms with Gasteiger partial charge in [-0.2, -0.15) is 5.26 Å². The summed E-state index contributed by atoms with van der Waals surface area (Å²) in [6.07, 6.45) is 0.354. The van der Waals surface area contributed by atoms with Gasteiger partial charge in [-0.15, -0.1) is 0 Å². The standard InChI is InChI=1S/C12H15N3O2/c1-8(5-6-13)15(2)11-7-9(12(16)17)3-4-10(11)14/h3-4,7-8H,5,14H2,1-2H3,(H,16,17). The average molecular weight is 233 g/mol. The first-order valence-corrected chi connectivity index (χ1v) is 5.20. The molecule has 0 heterocycles. The van der Waals surface area contributed by atoms with Crippen molar-refractivity contribution in [3.05, 3.63) is 23.8 Å². The van der Waals surface area contributed by atoms with Crippen LogP contribution in [0.1, 0.15) is 23.7 Å². The Morgan fingerprint density at radius 1 is 1.65 bits per heavy atom. The Morgan fingerprint density at radius 3 is 2.82 bits per heavy atom. The largest absolute Gasteiger partial charge is 0.478 e. The van der Waals surface area contributed by atoms with Crippen LogP contribution in [0.5, 0.6) is 0 Å². The van der Waals surface area contributed by atoms with Gasteiger partial charge >= 0.3 is 5.97 Å². The molecule has 0 bridgehead atoms. The van der Waals surface area contributed by atoms with Gasteiger partial charge in [0.1, 0.15) is 0 Å². The molecule has 3 N–H and O–H groups in total. The highest BCUT2D eigenvalue weighted by atomic mass is 16.4. The summed E-state index contributed by atoms with van der Waals surface area (Å²) in [5.74, 6) is -0.993. The number of nitriles is 1. The van der Waals surface area contributed by atoms with E-state index in [1.54, 1.807) is 13.1 Å². The van der Waals surface area contributed by atoms with Gasteiger partial charge in [-0.25, -0.2) is 4.79 Å². The third-order valence-corrected chi connectivity index (χ3v) is 2.71. The van der Waals surface area contributed by atoms with Gasteiger partial charge in [-0.05, 0) is 25.1 Å². The van der Waals surface area contributed by atoms with Gasteiger partial charge in [0.05, 0.1) is 29.4 Å². The lowest BCUT2D eigenvalue weighted by Gasteiger charge is -2.26. The van der Waals surface area contributed by atoms with E-state index in [0.717, 1.165) is 0 Å². The number of aromatic carboxylic acids is 1. The van der Waals surface area contributed by atoms with Crippen LogP contribution in [0.3, 0.4) is 0 Å². The maximum atomic E-state index is 10.9. The number of carboxylic acids is 1. The lowest BCUT2D eigenvalue weighted by atomic mass is 10.1. The van der Waals surface area contributed by atoms with Gasteiger partial charge < -0.3 is 15.7 Å². The van der Waals surface area contributed by atoms with Crippen LogP contribution in [0, 0.1) is 11.3 Å². The monoisotopic (exact) mass is 233 g/mol. The number of nitrogens with two attached hydrogens (primary N) is 1. The summed E-state index contributed by atoms with van der Waals surface area (Å²) in [6, 6.07) is 6.60. The van der Waals surface area contributed by atoms with E-state index in [2.05, 4.69) is 6.07 Å². The molecular formula is C12H15N3O2. The summed E-state index contributed by atoms with van der Waals surface area (Å²) in [6.45, 7) is 1.89. The fraction of sp³-hybridized carbons (Fsp3) is 0.333. The summed E-state index contributed by atoms with van der Waals surface area (Å²) >= 11 is 0. The first-order chi connectivity index (χ1) is 7.97. The van der Waals surface area contributed by atoms with Crippen molar-refractivity contribution in [2.75, 3.05) is 17.7 Å². The number of rotatable bonds is 4. The quantitative estimate of drug-likeness (QED) is 0.772. The SMILES string of the molecule is CC(CC#N)N(C)c1cc(C(=O)O)ccc1N. The third kappa shape index (κ3) is 2.88. The Hall–Kier alpha value is -2.22. The molecule has 0 aliphatic heterocycles. The molecule has 0 saturated carbocycles. The van der Waals surface area contributed by atoms with Crippen molar-refractivity contribution in [3.8, 4) is 6.07 Å². The van der Waals surface area contributed by atoms with Crippen molar-refractivity contribution in [2.24, 2.45) is 0 Å². The number of carbonyl (C=O) groups is 1. The maximum absolute atomic E-state index is 10.9. The Balaban J connectivity index is 3.08. The summed E-state index contributed by atoms with van der Waals surface area (Å²) in [4.78, 5) is 12.7. The van der Waals surface area contributed by atoms with Gasteiger partial charge in [0.15, 0.2) is 0 Å². The zero-order valence-electron chi connectivity index (χ0n) is 9.84. The smallest absolute Gasteiger partial charge is 0.335 e. The maximum Gasteiger partial charge on any atom is 0.335 e. The second kappa shape index (κ2) is 5.21. The summed E-state index contributed by atoms with van der Waals surface area (Å²) in [7, 11) is 1.79. The van der Waals surface area contributed by atoms with Crippen LogP contribution in [0.15, 0.2) is 18.2 Å². The summed E-state index contributed by atoms with van der Waals surface area (Å²) < 4.78 is 0. The Bertz CT molecular complexity index is 465. The zero-order valence-corrected chi connectivity index (χ0v) is 9.84. The minimum atomic E-state index is -0.993. The molecule has 0 fully saturated rings. The second-order valence-electron chi connectivity index (χ2n) is 3.90. The van der Waals surface area contributed by atoms with E-state index >= 15 is 0 Å². The van der Waals surface area contributed by atoms with Crippen LogP contribution in [0.2, 0.25) is 0 Å². The lowest BCUT2D eigenvalue weighted by molar-refractivity contribution is 0.0697. The van der Waals surface area contributed by atoms with Gasteiger partial charge in [0.2, 0.25) is 0 Å². The van der Waals surface area contributed by atoms with E-state index in [9.17, 15) is 4.79 Å². The highest BCUT2D eigenvalue weighted by Gasteiger charge is 2.14. The minimum absolute atomic E-state index is 0.0219. The fourth-order valence-corrected chi connectivity index (χ4v) is 1.49. The fourth-order valence-electron chi connectivity index (χ4n) is 1.49. The molecule has 1 rings (SSSR count). The molecule has 0 aliphatic carbocycles. The number of nitrogen functional groups attached to an aromatic ring is 1. The van der Waals surface area contributed by atoms with E-state index in [0.29, 0.717) is 17.8 Å². The van der Waals surface area contributed by atoms with Gasteiger partial charge in [-0.1, -0.05) is 0 Å². The van der Waals surface area contributed by atoms with Crippen molar-refractivity contribution < 1.29 is 9.90 Å². The molecule has 0 aromatic heterocycles. The van der Waals surface area contributed by atoms with Crippen LogP contribution in [-0.2, 0) is 0 Å². The van der Waals surface area contributed by atoms with Crippen LogP contribution in [0.25, 0.3) is 0 Å². The Labute approximate surface area is 100 Å². The highest BCUT2D eigenvalue weighted by molar-refractivity contribution is 5.90. The molecule has 1 unspecified atom stereocenters.